The Morgan fingerprint density at radius 3 is 2.88 bits per heavy atom. The van der Waals surface area contributed by atoms with Gasteiger partial charge in [0.25, 0.3) is 5.91 Å². The lowest BCUT2D eigenvalue weighted by atomic mass is 10.1. The molecule has 0 spiro atoms. The maximum Gasteiger partial charge on any atom is 0.268 e. The van der Waals surface area contributed by atoms with Crippen molar-refractivity contribution in [1.82, 2.24) is 10.3 Å². The predicted octanol–water partition coefficient (Wildman–Crippen LogP) is 0.622. The number of carbonyl (C=O) groups excluding carboxylic acids is 1. The first-order chi connectivity index (χ1) is 8.17. The Labute approximate surface area is 100 Å². The molecule has 0 saturated carbocycles. The van der Waals surface area contributed by atoms with Gasteiger partial charge >= 0.3 is 0 Å². The third-order valence-electron chi connectivity index (χ3n) is 2.54. The summed E-state index contributed by atoms with van der Waals surface area (Å²) in [7, 11) is 0. The Kier molecular flexibility index (Phi) is 5.42. The smallest absolute Gasteiger partial charge is 0.268 e. The van der Waals surface area contributed by atoms with E-state index in [0.29, 0.717) is 6.54 Å². The van der Waals surface area contributed by atoms with Crippen LogP contribution in [0.2, 0.25) is 0 Å². The first kappa shape index (κ1) is 13.4. The van der Waals surface area contributed by atoms with Gasteiger partial charge in [-0.3, -0.25) is 9.59 Å². The lowest BCUT2D eigenvalue weighted by molar-refractivity contribution is 0.0930. The molecule has 1 rings (SSSR count). The first-order valence-corrected chi connectivity index (χ1v) is 5.87. The summed E-state index contributed by atoms with van der Waals surface area (Å²) in [5, 5.41) is 2.81. The highest BCUT2D eigenvalue weighted by Gasteiger charge is 2.12. The molecule has 0 aliphatic rings. The van der Waals surface area contributed by atoms with Gasteiger partial charge in [-0.15, -0.1) is 0 Å². The second kappa shape index (κ2) is 6.85. The minimum atomic E-state index is -0.283. The Morgan fingerprint density at radius 1 is 1.53 bits per heavy atom. The third-order valence-corrected chi connectivity index (χ3v) is 2.54. The summed E-state index contributed by atoms with van der Waals surface area (Å²) in [5.74, 6) is -0.283. The molecule has 1 unspecified atom stereocenters. The van der Waals surface area contributed by atoms with Gasteiger partial charge in [0, 0.05) is 18.7 Å². The zero-order chi connectivity index (χ0) is 12.7. The molecule has 1 aromatic rings. The van der Waals surface area contributed by atoms with Crippen LogP contribution in [0.3, 0.4) is 0 Å². The number of rotatable bonds is 6. The molecule has 5 heteroatoms. The number of hydrogen-bond donors (Lipinski definition) is 3. The second-order valence-corrected chi connectivity index (χ2v) is 3.98. The van der Waals surface area contributed by atoms with E-state index in [2.05, 4.69) is 17.2 Å². The Balaban J connectivity index is 2.61. The van der Waals surface area contributed by atoms with E-state index in [9.17, 15) is 9.59 Å². The molecule has 17 heavy (non-hydrogen) atoms. The molecular formula is C12H19N3O2. The van der Waals surface area contributed by atoms with E-state index in [1.807, 2.05) is 0 Å². The summed E-state index contributed by atoms with van der Waals surface area (Å²) in [6.45, 7) is 2.49. The highest BCUT2D eigenvalue weighted by Crippen LogP contribution is 2.00. The molecule has 0 aromatic carbocycles. The maximum atomic E-state index is 11.8. The SMILES string of the molecule is CCCCC(CN)NC(=O)c1cccc(=O)[nH]1. The zero-order valence-electron chi connectivity index (χ0n) is 10.0. The van der Waals surface area contributed by atoms with Gasteiger partial charge in [0.05, 0.1) is 0 Å². The predicted molar refractivity (Wildman–Crippen MR) is 66.9 cm³/mol. The van der Waals surface area contributed by atoms with Crippen LogP contribution < -0.4 is 16.6 Å². The normalized spacial score (nSPS) is 12.1. The van der Waals surface area contributed by atoms with Crippen LogP contribution >= 0.6 is 0 Å². The third kappa shape index (κ3) is 4.40. The van der Waals surface area contributed by atoms with Crippen LogP contribution in [0, 0.1) is 0 Å². The number of carbonyl (C=O) groups is 1. The van der Waals surface area contributed by atoms with Crippen LogP contribution in [-0.2, 0) is 0 Å². The lowest BCUT2D eigenvalue weighted by Gasteiger charge is -2.16. The minimum absolute atomic E-state index is 0.0360. The molecule has 1 amide bonds. The summed E-state index contributed by atoms with van der Waals surface area (Å²) in [4.78, 5) is 25.3. The van der Waals surface area contributed by atoms with Crippen LogP contribution in [0.1, 0.15) is 36.7 Å². The van der Waals surface area contributed by atoms with E-state index in [4.69, 9.17) is 5.73 Å². The van der Waals surface area contributed by atoms with Gasteiger partial charge in [0.1, 0.15) is 5.69 Å². The fourth-order valence-corrected chi connectivity index (χ4v) is 1.54. The monoisotopic (exact) mass is 237 g/mol. The van der Waals surface area contributed by atoms with Crippen molar-refractivity contribution in [1.29, 1.82) is 0 Å². The molecule has 5 nitrogen and oxygen atoms in total. The number of amides is 1. The molecule has 1 atom stereocenters. The van der Waals surface area contributed by atoms with Gasteiger partial charge in [-0.25, -0.2) is 0 Å². The number of nitrogens with two attached hydrogens (primary N) is 1. The van der Waals surface area contributed by atoms with Gasteiger partial charge in [-0.05, 0) is 12.5 Å². The quantitative estimate of drug-likeness (QED) is 0.677. The van der Waals surface area contributed by atoms with Crippen molar-refractivity contribution < 1.29 is 4.79 Å². The van der Waals surface area contributed by atoms with E-state index in [1.54, 1.807) is 12.1 Å². The molecular weight excluding hydrogens is 218 g/mol. The highest BCUT2D eigenvalue weighted by molar-refractivity contribution is 5.92. The Bertz CT molecular complexity index is 414. The van der Waals surface area contributed by atoms with Crippen molar-refractivity contribution in [3.05, 3.63) is 34.2 Å². The first-order valence-electron chi connectivity index (χ1n) is 5.87. The number of aromatic nitrogens is 1. The topological polar surface area (TPSA) is 88.0 Å². The molecule has 0 aliphatic carbocycles. The van der Waals surface area contributed by atoms with Crippen molar-refractivity contribution in [3.8, 4) is 0 Å². The van der Waals surface area contributed by atoms with E-state index < -0.39 is 0 Å². The summed E-state index contributed by atoms with van der Waals surface area (Å²) in [6, 6.07) is 4.46. The lowest BCUT2D eigenvalue weighted by Crippen LogP contribution is -2.40. The zero-order valence-corrected chi connectivity index (χ0v) is 10.0. The largest absolute Gasteiger partial charge is 0.347 e. The molecule has 0 bridgehead atoms. The molecule has 4 N–H and O–H groups in total. The van der Waals surface area contributed by atoms with Crippen molar-refractivity contribution in [2.45, 2.75) is 32.2 Å². The van der Waals surface area contributed by atoms with Crippen LogP contribution in [0.5, 0.6) is 0 Å². The van der Waals surface area contributed by atoms with E-state index in [-0.39, 0.29) is 23.2 Å². The fraction of sp³-hybridized carbons (Fsp3) is 0.500. The van der Waals surface area contributed by atoms with Gasteiger partial charge in [0.2, 0.25) is 5.56 Å². The molecule has 1 heterocycles. The number of unbranched alkanes of at least 4 members (excludes halogenated alkanes) is 1. The average Bonchev–Trinajstić information content (AvgIpc) is 2.34. The molecule has 0 fully saturated rings. The Hall–Kier alpha value is -1.62. The van der Waals surface area contributed by atoms with Crippen LogP contribution in [0.4, 0.5) is 0 Å². The van der Waals surface area contributed by atoms with Crippen LogP contribution in [-0.4, -0.2) is 23.5 Å². The van der Waals surface area contributed by atoms with Crippen molar-refractivity contribution in [2.24, 2.45) is 5.73 Å². The standard InChI is InChI=1S/C12H19N3O2/c1-2-3-5-9(8-13)14-12(17)10-6-4-7-11(16)15-10/h4,6-7,9H,2-3,5,8,13H2,1H3,(H,14,17)(H,15,16). The fourth-order valence-electron chi connectivity index (χ4n) is 1.54. The summed E-state index contributed by atoms with van der Waals surface area (Å²) < 4.78 is 0. The van der Waals surface area contributed by atoms with Crippen molar-refractivity contribution >= 4 is 5.91 Å². The van der Waals surface area contributed by atoms with E-state index in [0.717, 1.165) is 19.3 Å². The van der Waals surface area contributed by atoms with Crippen LogP contribution in [0.15, 0.2) is 23.0 Å². The van der Waals surface area contributed by atoms with Gasteiger partial charge < -0.3 is 16.0 Å². The van der Waals surface area contributed by atoms with Crippen molar-refractivity contribution in [3.63, 3.8) is 0 Å². The number of pyridine rings is 1. The molecule has 0 radical (unpaired) electrons. The molecule has 1 aromatic heterocycles. The Morgan fingerprint density at radius 2 is 2.29 bits per heavy atom. The van der Waals surface area contributed by atoms with Gasteiger partial charge in [-0.2, -0.15) is 0 Å². The number of nitrogens with one attached hydrogen (secondary N) is 2. The highest BCUT2D eigenvalue weighted by atomic mass is 16.2. The average molecular weight is 237 g/mol. The second-order valence-electron chi connectivity index (χ2n) is 3.98. The van der Waals surface area contributed by atoms with Gasteiger partial charge in [0.15, 0.2) is 0 Å². The van der Waals surface area contributed by atoms with E-state index >= 15 is 0 Å². The summed E-state index contributed by atoms with van der Waals surface area (Å²) in [5.41, 5.74) is 5.57. The summed E-state index contributed by atoms with van der Waals surface area (Å²) >= 11 is 0. The van der Waals surface area contributed by atoms with E-state index in [1.165, 1.54) is 6.07 Å². The minimum Gasteiger partial charge on any atom is -0.347 e. The molecule has 0 aliphatic heterocycles. The number of H-pyrrole nitrogens is 1. The number of aromatic amines is 1. The molecule has 94 valence electrons. The van der Waals surface area contributed by atoms with Crippen LogP contribution in [0.25, 0.3) is 0 Å². The molecule has 0 saturated heterocycles. The van der Waals surface area contributed by atoms with Gasteiger partial charge in [-0.1, -0.05) is 25.8 Å². The summed E-state index contributed by atoms with van der Waals surface area (Å²) in [6.07, 6.45) is 2.94. The maximum absolute atomic E-state index is 11.8. The number of hydrogen-bond acceptors (Lipinski definition) is 3. The van der Waals surface area contributed by atoms with Crippen molar-refractivity contribution in [2.75, 3.05) is 6.54 Å².